The highest BCUT2D eigenvalue weighted by Crippen LogP contribution is 2.25. The topological polar surface area (TPSA) is 29.1 Å². The first kappa shape index (κ1) is 14.2. The van der Waals surface area contributed by atoms with Crippen molar-refractivity contribution in [2.45, 2.75) is 0 Å². The summed E-state index contributed by atoms with van der Waals surface area (Å²) in [6.07, 6.45) is 3.51. The van der Waals surface area contributed by atoms with Crippen LogP contribution in [0.25, 0.3) is 0 Å². The summed E-state index contributed by atoms with van der Waals surface area (Å²) in [5.41, 5.74) is 0.795. The van der Waals surface area contributed by atoms with E-state index in [0.29, 0.717) is 5.02 Å². The number of para-hydroxylation sites is 1. The molecule has 5 heteroatoms. The van der Waals surface area contributed by atoms with Crippen LogP contribution in [0, 0.1) is 0 Å². The summed E-state index contributed by atoms with van der Waals surface area (Å²) in [4.78, 5) is 12.7. The Kier molecular flexibility index (Phi) is 5.07. The van der Waals surface area contributed by atoms with E-state index in [-0.39, 0.29) is 5.78 Å². The summed E-state index contributed by atoms with van der Waals surface area (Å²) in [6.45, 7) is 0. The van der Waals surface area contributed by atoms with Crippen LogP contribution >= 0.6 is 34.7 Å². The zero-order chi connectivity index (χ0) is 13.7. The number of benzene rings is 1. The van der Waals surface area contributed by atoms with E-state index in [1.165, 1.54) is 23.1 Å². The molecule has 1 heterocycles. The van der Waals surface area contributed by atoms with Crippen molar-refractivity contribution in [3.8, 4) is 0 Å². The van der Waals surface area contributed by atoms with Gasteiger partial charge in [0.2, 0.25) is 0 Å². The predicted molar refractivity (Wildman–Crippen MR) is 85.3 cm³/mol. The SMILES string of the molecule is CS/C(=C\C(=O)c1cccs1)Nc1ccccc1Cl. The standard InChI is InChI=1S/C14H12ClNOS2/c1-18-14(9-12(17)13-7-4-8-19-13)16-11-6-3-2-5-10(11)15/h2-9,16H,1H3/b14-9-. The van der Waals surface area contributed by atoms with Crippen LogP contribution < -0.4 is 5.32 Å². The van der Waals surface area contributed by atoms with Crippen molar-refractivity contribution < 1.29 is 4.79 Å². The first-order valence-electron chi connectivity index (χ1n) is 5.56. The molecule has 0 unspecified atom stereocenters. The van der Waals surface area contributed by atoms with Crippen molar-refractivity contribution in [3.05, 3.63) is 62.8 Å². The second-order valence-corrected chi connectivity index (χ2v) is 5.86. The highest BCUT2D eigenvalue weighted by Gasteiger charge is 2.07. The van der Waals surface area contributed by atoms with Crippen LogP contribution in [-0.4, -0.2) is 12.0 Å². The highest BCUT2D eigenvalue weighted by atomic mass is 35.5. The number of nitrogens with one attached hydrogen (secondary N) is 1. The number of hydrogen-bond acceptors (Lipinski definition) is 4. The number of rotatable bonds is 5. The van der Waals surface area contributed by atoms with Crippen molar-refractivity contribution in [1.82, 2.24) is 0 Å². The fourth-order valence-electron chi connectivity index (χ4n) is 1.45. The van der Waals surface area contributed by atoms with Gasteiger partial charge in [0.15, 0.2) is 5.78 Å². The Balaban J connectivity index is 2.17. The molecule has 2 rings (SSSR count). The molecule has 1 aromatic heterocycles. The van der Waals surface area contributed by atoms with Crippen molar-refractivity contribution in [3.63, 3.8) is 0 Å². The smallest absolute Gasteiger partial charge is 0.198 e. The lowest BCUT2D eigenvalue weighted by Crippen LogP contribution is -2.00. The van der Waals surface area contributed by atoms with Gasteiger partial charge in [0.05, 0.1) is 20.6 Å². The number of allylic oxidation sites excluding steroid dienone is 1. The zero-order valence-corrected chi connectivity index (χ0v) is 12.6. The summed E-state index contributed by atoms with van der Waals surface area (Å²) < 4.78 is 0. The summed E-state index contributed by atoms with van der Waals surface area (Å²) in [6, 6.07) is 11.1. The first-order valence-corrected chi connectivity index (χ1v) is 8.04. The van der Waals surface area contributed by atoms with E-state index in [1.54, 1.807) is 6.08 Å². The van der Waals surface area contributed by atoms with Crippen LogP contribution in [0.1, 0.15) is 9.67 Å². The van der Waals surface area contributed by atoms with Crippen molar-refractivity contribution in [1.29, 1.82) is 0 Å². The molecule has 19 heavy (non-hydrogen) atoms. The van der Waals surface area contributed by atoms with Gasteiger partial charge >= 0.3 is 0 Å². The van der Waals surface area contributed by atoms with Gasteiger partial charge in [-0.05, 0) is 29.8 Å². The molecule has 0 amide bonds. The van der Waals surface area contributed by atoms with Crippen LogP contribution in [0.5, 0.6) is 0 Å². The molecule has 0 bridgehead atoms. The van der Waals surface area contributed by atoms with E-state index >= 15 is 0 Å². The van der Waals surface area contributed by atoms with Gasteiger partial charge in [-0.2, -0.15) is 0 Å². The van der Waals surface area contributed by atoms with Gasteiger partial charge in [-0.1, -0.05) is 29.8 Å². The van der Waals surface area contributed by atoms with E-state index in [0.717, 1.165) is 15.6 Å². The van der Waals surface area contributed by atoms with Gasteiger partial charge in [-0.3, -0.25) is 4.79 Å². The summed E-state index contributed by atoms with van der Waals surface area (Å²) in [5, 5.41) is 6.46. The minimum atomic E-state index is -0.00102. The number of halogens is 1. The van der Waals surface area contributed by atoms with Gasteiger partial charge in [-0.25, -0.2) is 0 Å². The third-order valence-electron chi connectivity index (χ3n) is 2.38. The maximum atomic E-state index is 12.0. The molecule has 0 atom stereocenters. The van der Waals surface area contributed by atoms with Crippen LogP contribution in [0.3, 0.4) is 0 Å². The molecule has 0 fully saturated rings. The Morgan fingerprint density at radius 1 is 1.32 bits per heavy atom. The van der Waals surface area contributed by atoms with Gasteiger partial charge in [0.1, 0.15) is 0 Å². The van der Waals surface area contributed by atoms with E-state index < -0.39 is 0 Å². The molecule has 0 aliphatic heterocycles. The predicted octanol–water partition coefficient (Wildman–Crippen LogP) is 4.90. The van der Waals surface area contributed by atoms with Crippen molar-refractivity contribution in [2.24, 2.45) is 0 Å². The molecule has 2 aromatic rings. The fraction of sp³-hybridized carbons (Fsp3) is 0.0714. The number of hydrogen-bond donors (Lipinski definition) is 1. The van der Waals surface area contributed by atoms with E-state index in [9.17, 15) is 4.79 Å². The average Bonchev–Trinajstić information content (AvgIpc) is 2.94. The van der Waals surface area contributed by atoms with Crippen molar-refractivity contribution >= 4 is 46.2 Å². The Morgan fingerprint density at radius 2 is 2.11 bits per heavy atom. The van der Waals surface area contributed by atoms with E-state index in [2.05, 4.69) is 5.32 Å². The van der Waals surface area contributed by atoms with Crippen molar-refractivity contribution in [2.75, 3.05) is 11.6 Å². The maximum Gasteiger partial charge on any atom is 0.198 e. The molecule has 0 saturated heterocycles. The minimum Gasteiger partial charge on any atom is -0.349 e. The molecular formula is C14H12ClNOS2. The quantitative estimate of drug-likeness (QED) is 0.629. The van der Waals surface area contributed by atoms with Crippen LogP contribution in [0.4, 0.5) is 5.69 Å². The lowest BCUT2D eigenvalue weighted by molar-refractivity contribution is 0.105. The van der Waals surface area contributed by atoms with Crippen LogP contribution in [0.15, 0.2) is 52.9 Å². The van der Waals surface area contributed by atoms with Gasteiger partial charge < -0.3 is 5.32 Å². The molecule has 0 radical (unpaired) electrons. The first-order chi connectivity index (χ1) is 9.20. The summed E-state index contributed by atoms with van der Waals surface area (Å²) in [7, 11) is 0. The molecule has 0 saturated carbocycles. The Hall–Kier alpha value is -1.23. The second-order valence-electron chi connectivity index (χ2n) is 3.66. The Bertz CT molecular complexity index is 593. The number of ketones is 1. The minimum absolute atomic E-state index is 0.00102. The molecule has 1 N–H and O–H groups in total. The molecular weight excluding hydrogens is 298 g/mol. The number of anilines is 1. The summed E-state index contributed by atoms with van der Waals surface area (Å²) in [5.74, 6) is -0.00102. The van der Waals surface area contributed by atoms with Gasteiger partial charge in [0, 0.05) is 6.08 Å². The molecule has 2 nitrogen and oxygen atoms in total. The average molecular weight is 310 g/mol. The fourth-order valence-corrected chi connectivity index (χ4v) is 2.71. The van der Waals surface area contributed by atoms with E-state index in [1.807, 2.05) is 48.0 Å². The second kappa shape index (κ2) is 6.80. The molecule has 1 aromatic carbocycles. The third-order valence-corrected chi connectivity index (χ3v) is 4.25. The largest absolute Gasteiger partial charge is 0.349 e. The Morgan fingerprint density at radius 3 is 2.74 bits per heavy atom. The lowest BCUT2D eigenvalue weighted by atomic mass is 10.3. The normalized spacial score (nSPS) is 11.4. The monoisotopic (exact) mass is 309 g/mol. The lowest BCUT2D eigenvalue weighted by Gasteiger charge is -2.09. The number of carbonyl (C=O) groups is 1. The molecule has 0 aliphatic rings. The maximum absolute atomic E-state index is 12.0. The van der Waals surface area contributed by atoms with E-state index in [4.69, 9.17) is 11.6 Å². The Labute approximate surface area is 125 Å². The van der Waals surface area contributed by atoms with Gasteiger partial charge in [-0.15, -0.1) is 23.1 Å². The number of thiophene rings is 1. The third kappa shape index (κ3) is 3.86. The van der Waals surface area contributed by atoms with Crippen LogP contribution in [0.2, 0.25) is 5.02 Å². The molecule has 98 valence electrons. The zero-order valence-electron chi connectivity index (χ0n) is 10.2. The number of carbonyl (C=O) groups excluding carboxylic acids is 1. The van der Waals surface area contributed by atoms with Gasteiger partial charge in [0.25, 0.3) is 0 Å². The number of thioether (sulfide) groups is 1. The highest BCUT2D eigenvalue weighted by molar-refractivity contribution is 8.02. The molecule has 0 aliphatic carbocycles. The van der Waals surface area contributed by atoms with Crippen LogP contribution in [-0.2, 0) is 0 Å². The molecule has 0 spiro atoms. The summed E-state index contributed by atoms with van der Waals surface area (Å²) >= 11 is 8.99.